The summed E-state index contributed by atoms with van der Waals surface area (Å²) in [4.78, 5) is 0.305. The fourth-order valence-electron chi connectivity index (χ4n) is 2.42. The Bertz CT molecular complexity index is 558. The molecule has 1 saturated heterocycles. The summed E-state index contributed by atoms with van der Waals surface area (Å²) in [6.07, 6.45) is 0.836. The van der Waals surface area contributed by atoms with E-state index >= 15 is 0 Å². The Morgan fingerprint density at radius 1 is 1.20 bits per heavy atom. The topological polar surface area (TPSA) is 57.6 Å². The van der Waals surface area contributed by atoms with Crippen molar-refractivity contribution < 1.29 is 13.5 Å². The van der Waals surface area contributed by atoms with Crippen molar-refractivity contribution in [3.8, 4) is 0 Å². The van der Waals surface area contributed by atoms with Crippen LogP contribution in [0.15, 0.2) is 29.2 Å². The lowest BCUT2D eigenvalue weighted by Crippen LogP contribution is -2.42. The lowest BCUT2D eigenvalue weighted by atomic mass is 9.87. The predicted molar refractivity (Wildman–Crippen MR) is 79.1 cm³/mol. The van der Waals surface area contributed by atoms with Gasteiger partial charge in [0.25, 0.3) is 0 Å². The third-order valence-electron chi connectivity index (χ3n) is 3.72. The van der Waals surface area contributed by atoms with E-state index in [2.05, 4.69) is 20.8 Å². The van der Waals surface area contributed by atoms with Gasteiger partial charge in [-0.15, -0.1) is 0 Å². The molecule has 2 rings (SSSR count). The fourth-order valence-corrected chi connectivity index (χ4v) is 3.93. The molecule has 0 radical (unpaired) electrons. The van der Waals surface area contributed by atoms with Crippen LogP contribution >= 0.6 is 0 Å². The van der Waals surface area contributed by atoms with Gasteiger partial charge in [0, 0.05) is 13.1 Å². The van der Waals surface area contributed by atoms with Gasteiger partial charge < -0.3 is 5.11 Å². The van der Waals surface area contributed by atoms with Crippen molar-refractivity contribution in [2.45, 2.75) is 50.0 Å². The summed E-state index contributed by atoms with van der Waals surface area (Å²) in [7, 11) is -3.48. The van der Waals surface area contributed by atoms with Gasteiger partial charge in [-0.2, -0.15) is 4.31 Å². The molecule has 1 heterocycles. The predicted octanol–water partition coefficient (Wildman–Crippen LogP) is 2.13. The molecule has 1 N–H and O–H groups in total. The average molecular weight is 297 g/mol. The van der Waals surface area contributed by atoms with E-state index in [0.717, 1.165) is 5.56 Å². The Morgan fingerprint density at radius 3 is 2.30 bits per heavy atom. The zero-order valence-electron chi connectivity index (χ0n) is 12.3. The number of aliphatic hydroxyl groups excluding tert-OH is 1. The van der Waals surface area contributed by atoms with Crippen molar-refractivity contribution in [1.82, 2.24) is 4.31 Å². The van der Waals surface area contributed by atoms with E-state index in [9.17, 15) is 13.5 Å². The molecule has 4 nitrogen and oxygen atoms in total. The molecule has 1 aromatic rings. The molecule has 0 amide bonds. The van der Waals surface area contributed by atoms with Crippen LogP contribution in [0.5, 0.6) is 0 Å². The van der Waals surface area contributed by atoms with Crippen LogP contribution in [0.25, 0.3) is 0 Å². The van der Waals surface area contributed by atoms with Crippen LogP contribution in [-0.2, 0) is 15.4 Å². The molecule has 0 aromatic heterocycles. The minimum absolute atomic E-state index is 0.00358. The fraction of sp³-hybridized carbons (Fsp3) is 0.600. The summed E-state index contributed by atoms with van der Waals surface area (Å²) >= 11 is 0. The quantitative estimate of drug-likeness (QED) is 0.910. The number of piperidine rings is 1. The minimum Gasteiger partial charge on any atom is -0.392 e. The number of sulfonamides is 1. The van der Waals surface area contributed by atoms with Crippen LogP contribution in [0.2, 0.25) is 0 Å². The SMILES string of the molecule is CC(C)(C)c1ccc(S(=O)(=O)N2CCCC(O)C2)cc1. The second-order valence-electron chi connectivity index (χ2n) is 6.43. The molecular weight excluding hydrogens is 274 g/mol. The molecule has 0 saturated carbocycles. The van der Waals surface area contributed by atoms with Crippen LogP contribution in [0.3, 0.4) is 0 Å². The number of nitrogens with zero attached hydrogens (tertiary/aromatic N) is 1. The maximum atomic E-state index is 12.5. The summed E-state index contributed by atoms with van der Waals surface area (Å²) in [6.45, 7) is 6.97. The van der Waals surface area contributed by atoms with Crippen LogP contribution < -0.4 is 0 Å². The van der Waals surface area contributed by atoms with Gasteiger partial charge in [0.1, 0.15) is 0 Å². The monoisotopic (exact) mass is 297 g/mol. The van der Waals surface area contributed by atoms with Gasteiger partial charge >= 0.3 is 0 Å². The van der Waals surface area contributed by atoms with Crippen molar-refractivity contribution in [2.75, 3.05) is 13.1 Å². The lowest BCUT2D eigenvalue weighted by Gasteiger charge is -2.29. The standard InChI is InChI=1S/C15H23NO3S/c1-15(2,3)12-6-8-14(9-7-12)20(18,19)16-10-4-5-13(17)11-16/h6-9,13,17H,4-5,10-11H2,1-3H3. The van der Waals surface area contributed by atoms with Crippen molar-refractivity contribution in [1.29, 1.82) is 0 Å². The number of β-amino-alcohol motifs (C(OH)–C–C–N with tert-alkyl or cyclic N) is 1. The third-order valence-corrected chi connectivity index (χ3v) is 5.60. The van der Waals surface area contributed by atoms with Crippen molar-refractivity contribution >= 4 is 10.0 Å². The largest absolute Gasteiger partial charge is 0.392 e. The molecule has 0 bridgehead atoms. The zero-order valence-corrected chi connectivity index (χ0v) is 13.2. The second kappa shape index (κ2) is 5.47. The summed E-state index contributed by atoms with van der Waals surface area (Å²) in [5.41, 5.74) is 1.11. The number of hydrogen-bond acceptors (Lipinski definition) is 3. The molecule has 1 aliphatic rings. The first-order chi connectivity index (χ1) is 9.21. The van der Waals surface area contributed by atoms with Crippen LogP contribution in [0, 0.1) is 0 Å². The van der Waals surface area contributed by atoms with Crippen LogP contribution in [0.4, 0.5) is 0 Å². The van der Waals surface area contributed by atoms with Crippen molar-refractivity contribution in [3.63, 3.8) is 0 Å². The first kappa shape index (κ1) is 15.5. The van der Waals surface area contributed by atoms with Crippen molar-refractivity contribution in [3.05, 3.63) is 29.8 Å². The van der Waals surface area contributed by atoms with Gasteiger partial charge in [0.15, 0.2) is 0 Å². The molecule has 0 spiro atoms. The Kier molecular flexibility index (Phi) is 4.23. The van der Waals surface area contributed by atoms with Crippen molar-refractivity contribution in [2.24, 2.45) is 0 Å². The van der Waals surface area contributed by atoms with Crippen LogP contribution in [0.1, 0.15) is 39.2 Å². The summed E-state index contributed by atoms with van der Waals surface area (Å²) in [5, 5.41) is 9.63. The number of benzene rings is 1. The van der Waals surface area contributed by atoms with E-state index in [1.807, 2.05) is 12.1 Å². The molecule has 5 heteroatoms. The highest BCUT2D eigenvalue weighted by molar-refractivity contribution is 7.89. The van der Waals surface area contributed by atoms with E-state index < -0.39 is 16.1 Å². The highest BCUT2D eigenvalue weighted by Crippen LogP contribution is 2.25. The Labute approximate surface area is 121 Å². The van der Waals surface area contributed by atoms with E-state index in [1.54, 1.807) is 12.1 Å². The Morgan fingerprint density at radius 2 is 1.80 bits per heavy atom. The first-order valence-electron chi connectivity index (χ1n) is 7.00. The molecular formula is C15H23NO3S. The third kappa shape index (κ3) is 3.22. The van der Waals surface area contributed by atoms with Gasteiger partial charge in [-0.05, 0) is 36.0 Å². The highest BCUT2D eigenvalue weighted by Gasteiger charge is 2.29. The first-order valence-corrected chi connectivity index (χ1v) is 8.44. The molecule has 20 heavy (non-hydrogen) atoms. The molecule has 1 aromatic carbocycles. The van der Waals surface area contributed by atoms with Gasteiger partial charge in [-0.1, -0.05) is 32.9 Å². The Hall–Kier alpha value is -0.910. The summed E-state index contributed by atoms with van der Waals surface area (Å²) in [6, 6.07) is 7.06. The molecule has 1 fully saturated rings. The maximum Gasteiger partial charge on any atom is 0.243 e. The molecule has 0 aliphatic carbocycles. The van der Waals surface area contributed by atoms with Gasteiger partial charge in [-0.3, -0.25) is 0 Å². The minimum atomic E-state index is -3.48. The Balaban J connectivity index is 2.26. The van der Waals surface area contributed by atoms with Gasteiger partial charge in [-0.25, -0.2) is 8.42 Å². The zero-order chi connectivity index (χ0) is 15.0. The van der Waals surface area contributed by atoms with E-state index in [1.165, 1.54) is 4.31 Å². The van der Waals surface area contributed by atoms with E-state index in [4.69, 9.17) is 0 Å². The molecule has 1 unspecified atom stereocenters. The normalized spacial score (nSPS) is 21.9. The van der Waals surface area contributed by atoms with Crippen LogP contribution in [-0.4, -0.2) is 37.0 Å². The highest BCUT2D eigenvalue weighted by atomic mass is 32.2. The number of aliphatic hydroxyl groups is 1. The maximum absolute atomic E-state index is 12.5. The molecule has 112 valence electrons. The number of rotatable bonds is 2. The van der Waals surface area contributed by atoms with E-state index in [0.29, 0.717) is 24.3 Å². The van der Waals surface area contributed by atoms with Gasteiger partial charge in [0.05, 0.1) is 11.0 Å². The lowest BCUT2D eigenvalue weighted by molar-refractivity contribution is 0.108. The molecule has 1 aliphatic heterocycles. The second-order valence-corrected chi connectivity index (χ2v) is 8.37. The van der Waals surface area contributed by atoms with Gasteiger partial charge in [0.2, 0.25) is 10.0 Å². The molecule has 1 atom stereocenters. The summed E-state index contributed by atoms with van der Waals surface area (Å²) in [5.74, 6) is 0. The smallest absolute Gasteiger partial charge is 0.243 e. The number of hydrogen-bond donors (Lipinski definition) is 1. The average Bonchev–Trinajstić information content (AvgIpc) is 2.38. The summed E-state index contributed by atoms with van der Waals surface area (Å²) < 4.78 is 26.4. The van der Waals surface area contributed by atoms with E-state index in [-0.39, 0.29) is 12.0 Å².